The fourth-order valence-corrected chi connectivity index (χ4v) is 0.496. The first-order valence-electron chi connectivity index (χ1n) is 3.03. The van der Waals surface area contributed by atoms with E-state index in [0.717, 1.165) is 5.32 Å². The molecule has 0 aromatic rings. The van der Waals surface area contributed by atoms with Gasteiger partial charge in [0.05, 0.1) is 0 Å². The monoisotopic (exact) mass is 213 g/mol. The molecule has 13 heavy (non-hydrogen) atoms. The number of alkyl halides is 7. The molecule has 0 aromatic heterocycles. The summed E-state index contributed by atoms with van der Waals surface area (Å²) in [6, 6.07) is 0. The van der Waals surface area contributed by atoms with Crippen molar-refractivity contribution in [2.45, 2.75) is 24.6 Å². The summed E-state index contributed by atoms with van der Waals surface area (Å²) >= 11 is 0. The Morgan fingerprint density at radius 2 is 1.31 bits per heavy atom. The number of rotatable bonds is 4. The smallest absolute Gasteiger partial charge is 0.286 e. The largest absolute Gasteiger partial charge is 0.373 e. The predicted octanol–water partition coefficient (Wildman–Crippen LogP) is 2.04. The van der Waals surface area contributed by atoms with Gasteiger partial charge in [-0.05, 0) is 7.05 Å². The molecule has 0 fully saturated rings. The number of hydrogen-bond donors (Lipinski definition) is 1. The van der Waals surface area contributed by atoms with Crippen LogP contribution in [0.4, 0.5) is 30.7 Å². The first-order valence-corrected chi connectivity index (χ1v) is 3.03. The summed E-state index contributed by atoms with van der Waals surface area (Å²) < 4.78 is 83.2. The lowest BCUT2D eigenvalue weighted by Gasteiger charge is -2.27. The highest BCUT2D eigenvalue weighted by Crippen LogP contribution is 2.41. The summed E-state index contributed by atoms with van der Waals surface area (Å²) in [7, 11) is 0.611. The van der Waals surface area contributed by atoms with Gasteiger partial charge in [0.2, 0.25) is 6.30 Å². The van der Waals surface area contributed by atoms with Gasteiger partial charge in [-0.1, -0.05) is 0 Å². The second-order valence-corrected chi connectivity index (χ2v) is 2.20. The van der Waals surface area contributed by atoms with Crippen LogP contribution in [0.25, 0.3) is 0 Å². The third-order valence-corrected chi connectivity index (χ3v) is 1.29. The van der Waals surface area contributed by atoms with Crippen molar-refractivity contribution in [3.8, 4) is 0 Å². The topological polar surface area (TPSA) is 12.0 Å². The second kappa shape index (κ2) is 3.69. The van der Waals surface area contributed by atoms with Gasteiger partial charge in [0.15, 0.2) is 0 Å². The van der Waals surface area contributed by atoms with E-state index in [1.54, 1.807) is 0 Å². The summed E-state index contributed by atoms with van der Waals surface area (Å²) in [6.07, 6.45) is -8.13. The van der Waals surface area contributed by atoms with Crippen LogP contribution in [-0.4, -0.2) is 31.6 Å². The molecule has 1 nitrogen and oxygen atoms in total. The lowest BCUT2D eigenvalue weighted by molar-refractivity contribution is -0.288. The van der Waals surface area contributed by atoms with E-state index in [2.05, 4.69) is 0 Å². The van der Waals surface area contributed by atoms with E-state index in [1.165, 1.54) is 0 Å². The molecule has 0 aliphatic carbocycles. The summed E-state index contributed by atoms with van der Waals surface area (Å²) in [4.78, 5) is 0. The highest BCUT2D eigenvalue weighted by Gasteiger charge is 2.67. The van der Waals surface area contributed by atoms with Crippen LogP contribution in [0, 0.1) is 0 Å². The molecule has 0 heterocycles. The standard InChI is InChI=1S/C5H6F7N/c1-13-3(8)5(11,12)4(9,10)2(6)7/h2-3,13H,1H3. The molecule has 1 N–H and O–H groups in total. The van der Waals surface area contributed by atoms with Crippen LogP contribution < -0.4 is 5.32 Å². The molecular formula is C5H6F7N. The quantitative estimate of drug-likeness (QED) is 0.556. The van der Waals surface area contributed by atoms with E-state index in [4.69, 9.17) is 0 Å². The van der Waals surface area contributed by atoms with E-state index in [1.807, 2.05) is 0 Å². The molecule has 0 bridgehead atoms. The Hall–Kier alpha value is -0.530. The summed E-state index contributed by atoms with van der Waals surface area (Å²) in [5, 5.41) is 1.14. The van der Waals surface area contributed by atoms with Gasteiger partial charge in [-0.25, -0.2) is 13.2 Å². The molecule has 8 heteroatoms. The molecule has 1 atom stereocenters. The average Bonchev–Trinajstić information content (AvgIpc) is 2.02. The highest BCUT2D eigenvalue weighted by atomic mass is 19.3. The van der Waals surface area contributed by atoms with E-state index in [-0.39, 0.29) is 0 Å². The predicted molar refractivity (Wildman–Crippen MR) is 29.9 cm³/mol. The minimum atomic E-state index is -5.69. The molecule has 0 saturated carbocycles. The summed E-state index contributed by atoms with van der Waals surface area (Å²) in [5.41, 5.74) is 0. The maximum absolute atomic E-state index is 12.2. The van der Waals surface area contributed by atoms with Crippen molar-refractivity contribution in [2.75, 3.05) is 7.05 Å². The highest BCUT2D eigenvalue weighted by molar-refractivity contribution is 4.91. The summed E-state index contributed by atoms with van der Waals surface area (Å²) in [6.45, 7) is 0. The van der Waals surface area contributed by atoms with Crippen molar-refractivity contribution in [1.82, 2.24) is 5.32 Å². The van der Waals surface area contributed by atoms with E-state index in [0.29, 0.717) is 7.05 Å². The van der Waals surface area contributed by atoms with E-state index >= 15 is 0 Å². The van der Waals surface area contributed by atoms with E-state index in [9.17, 15) is 30.7 Å². The maximum Gasteiger partial charge on any atom is 0.373 e. The SMILES string of the molecule is CNC(F)C(F)(F)C(F)(F)C(F)F. The minimum Gasteiger partial charge on any atom is -0.286 e. The number of halogens is 7. The fraction of sp³-hybridized carbons (Fsp3) is 1.00. The molecule has 0 amide bonds. The summed E-state index contributed by atoms with van der Waals surface area (Å²) in [5.74, 6) is -11.1. The average molecular weight is 213 g/mol. The zero-order valence-electron chi connectivity index (χ0n) is 6.30. The Morgan fingerprint density at radius 1 is 0.923 bits per heavy atom. The molecule has 0 aromatic carbocycles. The molecule has 0 rings (SSSR count). The maximum atomic E-state index is 12.2. The van der Waals surface area contributed by atoms with Gasteiger partial charge in [-0.3, -0.25) is 5.32 Å². The van der Waals surface area contributed by atoms with Crippen molar-refractivity contribution in [1.29, 1.82) is 0 Å². The van der Waals surface area contributed by atoms with Crippen LogP contribution >= 0.6 is 0 Å². The van der Waals surface area contributed by atoms with Gasteiger partial charge < -0.3 is 0 Å². The Bertz CT molecular complexity index is 168. The lowest BCUT2D eigenvalue weighted by Crippen LogP contribution is -2.56. The molecule has 0 spiro atoms. The molecule has 80 valence electrons. The third-order valence-electron chi connectivity index (χ3n) is 1.29. The molecule has 0 aliphatic heterocycles. The molecular weight excluding hydrogens is 207 g/mol. The van der Waals surface area contributed by atoms with Gasteiger partial charge in [-0.15, -0.1) is 0 Å². The Labute approximate surface area is 68.9 Å². The van der Waals surface area contributed by atoms with Crippen LogP contribution in [0.1, 0.15) is 0 Å². The van der Waals surface area contributed by atoms with Crippen molar-refractivity contribution in [2.24, 2.45) is 0 Å². The first-order chi connectivity index (χ1) is 5.67. The van der Waals surface area contributed by atoms with Crippen LogP contribution in [0.2, 0.25) is 0 Å². The van der Waals surface area contributed by atoms with E-state index < -0.39 is 24.6 Å². The van der Waals surface area contributed by atoms with Gasteiger partial charge in [0.25, 0.3) is 0 Å². The minimum absolute atomic E-state index is 0.611. The van der Waals surface area contributed by atoms with Gasteiger partial charge >= 0.3 is 18.3 Å². The van der Waals surface area contributed by atoms with Gasteiger partial charge in [0.1, 0.15) is 0 Å². The Morgan fingerprint density at radius 3 is 1.54 bits per heavy atom. The van der Waals surface area contributed by atoms with Crippen LogP contribution in [0.3, 0.4) is 0 Å². The zero-order chi connectivity index (χ0) is 10.9. The molecule has 1 unspecified atom stereocenters. The Kier molecular flexibility index (Phi) is 3.54. The zero-order valence-corrected chi connectivity index (χ0v) is 6.30. The third kappa shape index (κ3) is 2.04. The van der Waals surface area contributed by atoms with Crippen molar-refractivity contribution < 1.29 is 30.7 Å². The van der Waals surface area contributed by atoms with Gasteiger partial charge in [0, 0.05) is 0 Å². The number of hydrogen-bond acceptors (Lipinski definition) is 1. The number of nitrogens with one attached hydrogen (secondary N) is 1. The van der Waals surface area contributed by atoms with Crippen LogP contribution in [0.15, 0.2) is 0 Å². The van der Waals surface area contributed by atoms with Crippen molar-refractivity contribution in [3.05, 3.63) is 0 Å². The fourth-order valence-electron chi connectivity index (χ4n) is 0.496. The second-order valence-electron chi connectivity index (χ2n) is 2.20. The van der Waals surface area contributed by atoms with Crippen molar-refractivity contribution >= 4 is 0 Å². The van der Waals surface area contributed by atoms with Crippen LogP contribution in [-0.2, 0) is 0 Å². The lowest BCUT2D eigenvalue weighted by atomic mass is 10.1. The first kappa shape index (κ1) is 12.5. The normalized spacial score (nSPS) is 16.4. The Balaban J connectivity index is 4.80. The van der Waals surface area contributed by atoms with Gasteiger partial charge in [-0.2, -0.15) is 17.6 Å². The molecule has 0 aliphatic rings. The molecule has 0 saturated heterocycles. The molecule has 0 radical (unpaired) electrons. The van der Waals surface area contributed by atoms with Crippen LogP contribution in [0.5, 0.6) is 0 Å². The van der Waals surface area contributed by atoms with Crippen molar-refractivity contribution in [3.63, 3.8) is 0 Å².